The first-order valence-corrected chi connectivity index (χ1v) is 6.13. The van der Waals surface area contributed by atoms with Crippen LogP contribution in [0.1, 0.15) is 20.8 Å². The number of nitrogens with one attached hydrogen (secondary N) is 1. The third-order valence-electron chi connectivity index (χ3n) is 3.13. The van der Waals surface area contributed by atoms with Gasteiger partial charge in [-0.15, -0.1) is 0 Å². The second kappa shape index (κ2) is 6.00. The lowest BCUT2D eigenvalue weighted by Crippen LogP contribution is -2.51. The summed E-state index contributed by atoms with van der Waals surface area (Å²) in [5, 5.41) is 12.0. The van der Waals surface area contributed by atoms with Crippen molar-refractivity contribution in [3.8, 4) is 0 Å². The lowest BCUT2D eigenvalue weighted by atomic mass is 9.87. The number of nitrogens with zero attached hydrogens (tertiary/aromatic N) is 1. The molecule has 17 heavy (non-hydrogen) atoms. The Balaban J connectivity index is 2.59. The van der Waals surface area contributed by atoms with Gasteiger partial charge >= 0.3 is 5.97 Å². The molecule has 0 radical (unpaired) electrons. The van der Waals surface area contributed by atoms with Crippen LogP contribution in [-0.2, 0) is 9.59 Å². The van der Waals surface area contributed by atoms with Crippen molar-refractivity contribution in [2.45, 2.75) is 20.8 Å². The standard InChI is InChI=1S/C12H22N2O3/c1-8(2)6-14(7-11(15)16)12(17)9(3)10-4-13-5-10/h8-10,13H,4-7H2,1-3H3,(H,15,16). The van der Waals surface area contributed by atoms with Crippen LogP contribution in [0.2, 0.25) is 0 Å². The fourth-order valence-corrected chi connectivity index (χ4v) is 1.99. The Labute approximate surface area is 102 Å². The highest BCUT2D eigenvalue weighted by atomic mass is 16.4. The molecule has 1 aliphatic heterocycles. The molecule has 0 aromatic heterocycles. The quantitative estimate of drug-likeness (QED) is 0.708. The minimum absolute atomic E-state index is 0.0346. The zero-order valence-electron chi connectivity index (χ0n) is 10.8. The molecule has 0 aliphatic carbocycles. The van der Waals surface area contributed by atoms with E-state index in [4.69, 9.17) is 5.11 Å². The predicted molar refractivity (Wildman–Crippen MR) is 64.6 cm³/mol. The molecule has 98 valence electrons. The molecule has 0 aromatic carbocycles. The van der Waals surface area contributed by atoms with Crippen molar-refractivity contribution in [2.24, 2.45) is 17.8 Å². The fourth-order valence-electron chi connectivity index (χ4n) is 1.99. The molecule has 2 N–H and O–H groups in total. The van der Waals surface area contributed by atoms with Crippen LogP contribution in [0, 0.1) is 17.8 Å². The van der Waals surface area contributed by atoms with Gasteiger partial charge < -0.3 is 15.3 Å². The summed E-state index contributed by atoms with van der Waals surface area (Å²) in [7, 11) is 0. The molecule has 1 rings (SSSR count). The van der Waals surface area contributed by atoms with Gasteiger partial charge in [0.05, 0.1) is 0 Å². The topological polar surface area (TPSA) is 69.6 Å². The first kappa shape index (κ1) is 14.0. The minimum atomic E-state index is -0.946. The monoisotopic (exact) mass is 242 g/mol. The highest BCUT2D eigenvalue weighted by Crippen LogP contribution is 2.19. The molecule has 0 bridgehead atoms. The van der Waals surface area contributed by atoms with Gasteiger partial charge in [-0.05, 0) is 24.9 Å². The summed E-state index contributed by atoms with van der Waals surface area (Å²) in [5.41, 5.74) is 0. The lowest BCUT2D eigenvalue weighted by molar-refractivity contribution is -0.147. The van der Waals surface area contributed by atoms with E-state index < -0.39 is 5.97 Å². The van der Waals surface area contributed by atoms with Gasteiger partial charge in [0.2, 0.25) is 5.91 Å². The van der Waals surface area contributed by atoms with Crippen LogP contribution >= 0.6 is 0 Å². The second-order valence-electron chi connectivity index (χ2n) is 5.21. The smallest absolute Gasteiger partial charge is 0.323 e. The summed E-state index contributed by atoms with van der Waals surface area (Å²) in [6.45, 7) is 7.89. The molecule has 1 aliphatic rings. The summed E-state index contributed by atoms with van der Waals surface area (Å²) in [5.74, 6) is -0.434. The third kappa shape index (κ3) is 4.00. The Morgan fingerprint density at radius 3 is 2.29 bits per heavy atom. The van der Waals surface area contributed by atoms with Crippen LogP contribution in [0.4, 0.5) is 0 Å². The molecule has 5 nitrogen and oxygen atoms in total. The Kier molecular flexibility index (Phi) is 4.93. The number of amides is 1. The summed E-state index contributed by atoms with van der Waals surface area (Å²) in [6.07, 6.45) is 0. The first-order chi connectivity index (χ1) is 7.91. The van der Waals surface area contributed by atoms with Gasteiger partial charge in [-0.3, -0.25) is 9.59 Å². The van der Waals surface area contributed by atoms with Crippen LogP contribution in [-0.4, -0.2) is 48.1 Å². The van der Waals surface area contributed by atoms with Crippen molar-refractivity contribution in [1.82, 2.24) is 10.2 Å². The van der Waals surface area contributed by atoms with Crippen LogP contribution in [0.15, 0.2) is 0 Å². The summed E-state index contributed by atoms with van der Waals surface area (Å²) >= 11 is 0. The lowest BCUT2D eigenvalue weighted by Gasteiger charge is -2.35. The SMILES string of the molecule is CC(C)CN(CC(=O)O)C(=O)C(C)C1CNC1. The van der Waals surface area contributed by atoms with Crippen molar-refractivity contribution in [3.05, 3.63) is 0 Å². The van der Waals surface area contributed by atoms with E-state index >= 15 is 0 Å². The number of carboxylic acids is 1. The Morgan fingerprint density at radius 2 is 1.94 bits per heavy atom. The van der Waals surface area contributed by atoms with E-state index in [0.717, 1.165) is 13.1 Å². The van der Waals surface area contributed by atoms with E-state index in [2.05, 4.69) is 5.32 Å². The number of aliphatic carboxylic acids is 1. The Bertz CT molecular complexity index is 287. The average molecular weight is 242 g/mol. The predicted octanol–water partition coefficient (Wildman–Crippen LogP) is 0.411. The molecule has 5 heteroatoms. The van der Waals surface area contributed by atoms with Gasteiger partial charge in [-0.25, -0.2) is 0 Å². The summed E-state index contributed by atoms with van der Waals surface area (Å²) in [6, 6.07) is 0. The average Bonchev–Trinajstić information content (AvgIpc) is 2.11. The molecule has 1 amide bonds. The van der Waals surface area contributed by atoms with E-state index in [9.17, 15) is 9.59 Å². The van der Waals surface area contributed by atoms with Gasteiger partial charge in [-0.2, -0.15) is 0 Å². The largest absolute Gasteiger partial charge is 0.480 e. The van der Waals surface area contributed by atoms with Crippen LogP contribution in [0.5, 0.6) is 0 Å². The zero-order chi connectivity index (χ0) is 13.0. The Morgan fingerprint density at radius 1 is 1.35 bits per heavy atom. The van der Waals surface area contributed by atoms with Gasteiger partial charge in [0, 0.05) is 12.5 Å². The maximum absolute atomic E-state index is 12.2. The van der Waals surface area contributed by atoms with Gasteiger partial charge in [-0.1, -0.05) is 20.8 Å². The van der Waals surface area contributed by atoms with Gasteiger partial charge in [0.25, 0.3) is 0 Å². The molecule has 1 atom stereocenters. The first-order valence-electron chi connectivity index (χ1n) is 6.13. The van der Waals surface area contributed by atoms with E-state index in [1.165, 1.54) is 4.90 Å². The van der Waals surface area contributed by atoms with E-state index in [0.29, 0.717) is 12.5 Å². The normalized spacial score (nSPS) is 17.6. The molecule has 0 spiro atoms. The number of rotatable bonds is 6. The molecule has 1 saturated heterocycles. The highest BCUT2D eigenvalue weighted by Gasteiger charge is 2.32. The van der Waals surface area contributed by atoms with E-state index in [1.54, 1.807) is 0 Å². The number of carboxylic acid groups (broad SMARTS) is 1. The van der Waals surface area contributed by atoms with E-state index in [-0.39, 0.29) is 24.3 Å². The molecule has 1 heterocycles. The molecule has 0 aromatic rings. The van der Waals surface area contributed by atoms with Gasteiger partial charge in [0.15, 0.2) is 0 Å². The van der Waals surface area contributed by atoms with Crippen LogP contribution in [0.25, 0.3) is 0 Å². The van der Waals surface area contributed by atoms with Gasteiger partial charge in [0.1, 0.15) is 6.54 Å². The van der Waals surface area contributed by atoms with Crippen molar-refractivity contribution < 1.29 is 14.7 Å². The number of carbonyl (C=O) groups excluding carboxylic acids is 1. The number of carbonyl (C=O) groups is 2. The van der Waals surface area contributed by atoms with Crippen LogP contribution < -0.4 is 5.32 Å². The molecule has 1 fully saturated rings. The maximum atomic E-state index is 12.2. The third-order valence-corrected chi connectivity index (χ3v) is 3.13. The molecule has 1 unspecified atom stereocenters. The molecular formula is C12H22N2O3. The molecular weight excluding hydrogens is 220 g/mol. The minimum Gasteiger partial charge on any atom is -0.480 e. The summed E-state index contributed by atoms with van der Waals surface area (Å²) in [4.78, 5) is 24.4. The zero-order valence-corrected chi connectivity index (χ0v) is 10.8. The second-order valence-corrected chi connectivity index (χ2v) is 5.21. The summed E-state index contributed by atoms with van der Waals surface area (Å²) < 4.78 is 0. The maximum Gasteiger partial charge on any atom is 0.323 e. The number of hydrogen-bond donors (Lipinski definition) is 2. The highest BCUT2D eigenvalue weighted by molar-refractivity contribution is 5.83. The molecule has 0 saturated carbocycles. The fraction of sp³-hybridized carbons (Fsp3) is 0.833. The van der Waals surface area contributed by atoms with Crippen LogP contribution in [0.3, 0.4) is 0 Å². The number of hydrogen-bond acceptors (Lipinski definition) is 3. The van der Waals surface area contributed by atoms with E-state index in [1.807, 2.05) is 20.8 Å². The van der Waals surface area contributed by atoms with Crippen molar-refractivity contribution in [2.75, 3.05) is 26.2 Å². The van der Waals surface area contributed by atoms with Crippen molar-refractivity contribution in [3.63, 3.8) is 0 Å². The Hall–Kier alpha value is -1.10. The van der Waals surface area contributed by atoms with Crippen molar-refractivity contribution >= 4 is 11.9 Å². The van der Waals surface area contributed by atoms with Crippen molar-refractivity contribution in [1.29, 1.82) is 0 Å².